The van der Waals surface area contributed by atoms with E-state index >= 15 is 0 Å². The Morgan fingerprint density at radius 1 is 0.824 bits per heavy atom. The number of unbranched alkanes of at least 4 members (excludes halogenated alkanes) is 1. The van der Waals surface area contributed by atoms with Gasteiger partial charge in [0.15, 0.2) is 0 Å². The zero-order chi connectivity index (χ0) is 50.9. The van der Waals surface area contributed by atoms with Crippen molar-refractivity contribution in [1.82, 2.24) is 4.67 Å². The minimum Gasteiger partial charge on any atom is -0.494 e. The lowest BCUT2D eigenvalue weighted by atomic mass is 9.55. The van der Waals surface area contributed by atoms with Crippen LogP contribution in [0.5, 0.6) is 5.75 Å². The van der Waals surface area contributed by atoms with Crippen LogP contribution in [-0.4, -0.2) is 118 Å². The summed E-state index contributed by atoms with van der Waals surface area (Å²) < 4.78 is 169. The summed E-state index contributed by atoms with van der Waals surface area (Å²) in [4.78, 5) is 3.38. The average Bonchev–Trinajstić information content (AvgIpc) is 3.61. The predicted octanol–water partition coefficient (Wildman–Crippen LogP) is 14.0. The fourth-order valence-corrected chi connectivity index (χ4v) is 13.2. The summed E-state index contributed by atoms with van der Waals surface area (Å²) in [6.45, 7) is 19.6. The predicted molar refractivity (Wildman–Crippen MR) is 249 cm³/mol. The minimum atomic E-state index is -6.75. The summed E-state index contributed by atoms with van der Waals surface area (Å²) in [5.41, 5.74) is -3.96. The van der Waals surface area contributed by atoms with Crippen LogP contribution in [0.15, 0.2) is 18.2 Å². The number of hydrogen-bond acceptors (Lipinski definition) is 10. The van der Waals surface area contributed by atoms with Gasteiger partial charge in [-0.3, -0.25) is 0 Å². The molecule has 2 fully saturated rings. The van der Waals surface area contributed by atoms with Crippen LogP contribution in [0.2, 0.25) is 0 Å². The summed E-state index contributed by atoms with van der Waals surface area (Å²) in [6.07, 6.45) is -12.7. The normalized spacial score (nSPS) is 23.3. The van der Waals surface area contributed by atoms with E-state index in [2.05, 4.69) is 61.0 Å². The molecule has 2 saturated carbocycles. The van der Waals surface area contributed by atoms with Crippen molar-refractivity contribution >= 4 is 30.1 Å². The zero-order valence-electron chi connectivity index (χ0n) is 41.0. The third-order valence-corrected chi connectivity index (χ3v) is 17.3. The van der Waals surface area contributed by atoms with Crippen molar-refractivity contribution in [3.05, 3.63) is 40.7 Å². The molecule has 392 valence electrons. The molecule has 21 heteroatoms. The summed E-state index contributed by atoms with van der Waals surface area (Å²) in [5.74, 6) is 3.35. The molecule has 0 amide bonds. The second kappa shape index (κ2) is 27.7. The zero-order valence-corrected chi connectivity index (χ0v) is 42.5. The van der Waals surface area contributed by atoms with Gasteiger partial charge < -0.3 is 37.6 Å². The van der Waals surface area contributed by atoms with E-state index in [1.807, 2.05) is 6.07 Å². The second-order valence-corrected chi connectivity index (χ2v) is 22.6. The first-order chi connectivity index (χ1) is 32.6. The number of fused-ring (bicyclic) bond motifs is 5. The maximum atomic E-state index is 13.2. The van der Waals surface area contributed by atoms with Gasteiger partial charge >= 0.3 is 24.1 Å². The lowest BCUT2D eigenvalue weighted by Crippen LogP contribution is -2.67. The van der Waals surface area contributed by atoms with Gasteiger partial charge in [-0.05, 0) is 151 Å². The first kappa shape index (κ1) is 57.6. The highest BCUT2D eigenvalue weighted by Crippen LogP contribution is 2.62. The number of halogens is 9. The largest absolute Gasteiger partial charge is 0.494 e. The van der Waals surface area contributed by atoms with Gasteiger partial charge in [0.05, 0.1) is 32.5 Å². The Morgan fingerprint density at radius 3 is 2.21 bits per heavy atom. The van der Waals surface area contributed by atoms with Crippen LogP contribution in [-0.2, 0) is 34.4 Å². The van der Waals surface area contributed by atoms with E-state index in [-0.39, 0.29) is 43.0 Å². The number of ether oxygens (including phenoxy) is 5. The molecule has 0 N–H and O–H groups in total. The molecule has 0 spiro atoms. The lowest BCUT2D eigenvalue weighted by Gasteiger charge is -2.50. The maximum absolute atomic E-state index is 13.2. The molecule has 3 aliphatic rings. The summed E-state index contributed by atoms with van der Waals surface area (Å²) >= 11 is 0. The molecule has 0 radical (unpaired) electrons. The molecule has 7 unspecified atom stereocenters. The van der Waals surface area contributed by atoms with E-state index in [0.29, 0.717) is 76.3 Å². The topological polar surface area (TPSA) is 72.2 Å². The molecule has 0 aromatic heterocycles. The molecule has 9 nitrogen and oxygen atoms in total. The van der Waals surface area contributed by atoms with Crippen molar-refractivity contribution in [2.24, 2.45) is 23.2 Å². The van der Waals surface area contributed by atoms with Gasteiger partial charge in [0.2, 0.25) is 6.54 Å². The maximum Gasteiger partial charge on any atom is 0.435 e. The third kappa shape index (κ3) is 16.1. The number of nitrogens with zero attached hydrogens (tertiary/aromatic N) is 2. The SMILES string of the molecule is [2H]CC(CCCOCSSCCOCCCCOc1ccc2c(c1)CCC1C2CCC2(C)C(OCCCOC(C(F)(F)F)(C(F)(F)F)C(F)(F)F)CCC12)COP(OCC[N+]#[C-])N(C(C)C)C(C)C. The van der Waals surface area contributed by atoms with Crippen LogP contribution in [0.3, 0.4) is 0 Å². The third-order valence-electron chi connectivity index (χ3n) is 13.2. The highest BCUT2D eigenvalue weighted by molar-refractivity contribution is 8.76. The second-order valence-electron chi connectivity index (χ2n) is 18.6. The first-order valence-electron chi connectivity index (χ1n) is 24.4. The Kier molecular flexibility index (Phi) is 23.5. The van der Waals surface area contributed by atoms with Crippen molar-refractivity contribution in [2.75, 3.05) is 71.1 Å². The van der Waals surface area contributed by atoms with Gasteiger partial charge in [0, 0.05) is 39.0 Å². The molecule has 3 aliphatic carbocycles. The highest BCUT2D eigenvalue weighted by atomic mass is 33.1. The fourth-order valence-electron chi connectivity index (χ4n) is 10.0. The van der Waals surface area contributed by atoms with E-state index in [1.165, 1.54) is 11.1 Å². The molecule has 4 rings (SSSR count). The number of hydrogen-bond donors (Lipinski definition) is 0. The van der Waals surface area contributed by atoms with E-state index in [0.717, 1.165) is 69.3 Å². The standard InChI is InChI=1S/C47H72F9N2O7PS2/c1-33(2)58(34(3)4)66(64-27-21-57-7)65-31-35(5)12-10-23-60-32-68-67-29-28-59-22-8-9-24-61-37-14-16-38-36(30-37)13-15-40-39(38)19-20-43(6)41(40)17-18-42(43)62-25-11-26-63-44(45(48,49)50,46(51,52)53)47(54,55)56/h14,16,30,33-35,39-42H,8-13,15,17-29,31-32H2,1-6H3/i5D. The lowest BCUT2D eigenvalue weighted by molar-refractivity contribution is -0.457. The molecule has 1 aromatic rings. The smallest absolute Gasteiger partial charge is 0.435 e. The highest BCUT2D eigenvalue weighted by Gasteiger charge is 2.85. The first-order valence-corrected chi connectivity index (χ1v) is 27.3. The molecule has 1 aromatic carbocycles. The number of rotatable bonds is 31. The molecule has 7 atom stereocenters. The Balaban J connectivity index is 1.05. The molecule has 0 bridgehead atoms. The number of alkyl halides is 9. The van der Waals surface area contributed by atoms with Crippen LogP contribution in [0, 0.1) is 29.7 Å². The Morgan fingerprint density at radius 2 is 1.53 bits per heavy atom. The van der Waals surface area contributed by atoms with Gasteiger partial charge in [-0.15, -0.1) is 0 Å². The van der Waals surface area contributed by atoms with Gasteiger partial charge in [-0.2, -0.15) is 39.5 Å². The van der Waals surface area contributed by atoms with E-state index < -0.39 is 45.7 Å². The number of aryl methyl sites for hydroxylation is 1. The van der Waals surface area contributed by atoms with E-state index in [9.17, 15) is 39.5 Å². The monoisotopic (exact) mass is 1040 g/mol. The van der Waals surface area contributed by atoms with Gasteiger partial charge in [-0.25, -0.2) is 11.2 Å². The van der Waals surface area contributed by atoms with Crippen molar-refractivity contribution < 1.29 is 73.6 Å². The number of benzene rings is 1. The van der Waals surface area contributed by atoms with Gasteiger partial charge in [0.1, 0.15) is 18.3 Å². The fraction of sp³-hybridized carbons (Fsp3) is 0.851. The van der Waals surface area contributed by atoms with Gasteiger partial charge in [-0.1, -0.05) is 41.5 Å². The molecular formula is C47H72F9N2O7PS2. The van der Waals surface area contributed by atoms with E-state index in [1.54, 1.807) is 21.6 Å². The van der Waals surface area contributed by atoms with Crippen molar-refractivity contribution in [2.45, 2.75) is 160 Å². The molecule has 0 saturated heterocycles. The van der Waals surface area contributed by atoms with Crippen LogP contribution >= 0.6 is 30.1 Å². The molecule has 0 aliphatic heterocycles. The van der Waals surface area contributed by atoms with E-state index in [4.69, 9.17) is 35.9 Å². The van der Waals surface area contributed by atoms with Crippen molar-refractivity contribution in [3.63, 3.8) is 0 Å². The molecule has 0 heterocycles. The Bertz CT molecular complexity index is 1660. The average molecular weight is 1040 g/mol. The Labute approximate surface area is 408 Å². The van der Waals surface area contributed by atoms with Crippen LogP contribution in [0.25, 0.3) is 4.85 Å². The minimum absolute atomic E-state index is 0.0844. The van der Waals surface area contributed by atoms with Crippen LogP contribution in [0.1, 0.15) is 124 Å². The Hall–Kier alpha value is -1.27. The molecular weight excluding hydrogens is 971 g/mol. The molecule has 68 heavy (non-hydrogen) atoms. The quantitative estimate of drug-likeness (QED) is 0.0179. The summed E-state index contributed by atoms with van der Waals surface area (Å²) in [6, 6.07) is 6.78. The van der Waals surface area contributed by atoms with Crippen molar-refractivity contribution in [1.29, 1.82) is 0 Å². The van der Waals surface area contributed by atoms with Crippen LogP contribution < -0.4 is 4.74 Å². The van der Waals surface area contributed by atoms with Crippen molar-refractivity contribution in [3.8, 4) is 5.75 Å². The van der Waals surface area contributed by atoms with Crippen LogP contribution in [0.4, 0.5) is 39.5 Å². The summed E-state index contributed by atoms with van der Waals surface area (Å²) in [5, 5.41) is 0. The summed E-state index contributed by atoms with van der Waals surface area (Å²) in [7, 11) is 2.06. The van der Waals surface area contributed by atoms with Gasteiger partial charge in [0.25, 0.3) is 8.53 Å².